The smallest absolute Gasteiger partial charge is 0.259 e. The molecule has 0 bridgehead atoms. The third-order valence-electron chi connectivity index (χ3n) is 5.45. The molecule has 1 aliphatic rings. The third kappa shape index (κ3) is 4.81. The number of aromatic nitrogens is 2. The van der Waals surface area contributed by atoms with E-state index < -0.39 is 21.9 Å². The highest BCUT2D eigenvalue weighted by atomic mass is 35.5. The molecule has 11 heteroatoms. The minimum Gasteiger partial charge on any atom is -0.362 e. The van der Waals surface area contributed by atoms with E-state index in [4.69, 9.17) is 27.9 Å². The van der Waals surface area contributed by atoms with Crippen molar-refractivity contribution in [3.8, 4) is 11.3 Å². The third-order valence-corrected chi connectivity index (χ3v) is 7.62. The standard InChI is InChI=1S/C24H18Cl2N4O4S/c25-19-6-3-15(12-18(19)21-7-8-22-23(29-21)2-1-9-27-22)28-24(31)17-5-4-16(13-20(17)26)30-10-11-34-14-35(30,32)33/h1-9,12-13H,10-11,14H2,(H,28,31). The summed E-state index contributed by atoms with van der Waals surface area (Å²) < 4.78 is 30.8. The summed E-state index contributed by atoms with van der Waals surface area (Å²) in [6.07, 6.45) is 1.70. The molecular weight excluding hydrogens is 511 g/mol. The quantitative estimate of drug-likeness (QED) is 0.400. The number of fused-ring (bicyclic) bond motifs is 1. The highest BCUT2D eigenvalue weighted by molar-refractivity contribution is 7.92. The Hall–Kier alpha value is -3.24. The Morgan fingerprint density at radius 1 is 1.00 bits per heavy atom. The second-order valence-electron chi connectivity index (χ2n) is 7.76. The van der Waals surface area contributed by atoms with Crippen molar-refractivity contribution in [2.24, 2.45) is 0 Å². The van der Waals surface area contributed by atoms with Crippen molar-refractivity contribution in [3.63, 3.8) is 0 Å². The van der Waals surface area contributed by atoms with Crippen LogP contribution in [0.5, 0.6) is 0 Å². The number of nitrogens with one attached hydrogen (secondary N) is 1. The molecule has 4 aromatic rings. The molecule has 0 atom stereocenters. The van der Waals surface area contributed by atoms with Crippen LogP contribution in [0.2, 0.25) is 10.0 Å². The number of anilines is 2. The monoisotopic (exact) mass is 528 g/mol. The SMILES string of the molecule is O=C(Nc1ccc(Cl)c(-c2ccc3ncccc3n2)c1)c1ccc(N2CCOCS2(=O)=O)cc1Cl. The predicted octanol–water partition coefficient (Wildman–Crippen LogP) is 4.98. The molecule has 0 aliphatic carbocycles. The van der Waals surface area contributed by atoms with E-state index in [2.05, 4.69) is 15.3 Å². The van der Waals surface area contributed by atoms with Gasteiger partial charge in [0.1, 0.15) is 0 Å². The summed E-state index contributed by atoms with van der Waals surface area (Å²) in [5.74, 6) is -0.843. The van der Waals surface area contributed by atoms with Crippen LogP contribution in [-0.4, -0.2) is 43.4 Å². The zero-order valence-corrected chi connectivity index (χ0v) is 20.4. The number of sulfonamides is 1. The van der Waals surface area contributed by atoms with E-state index in [9.17, 15) is 13.2 Å². The van der Waals surface area contributed by atoms with Crippen LogP contribution in [0.15, 0.2) is 66.9 Å². The maximum Gasteiger partial charge on any atom is 0.259 e. The molecule has 0 saturated carbocycles. The van der Waals surface area contributed by atoms with Gasteiger partial charge in [-0.1, -0.05) is 23.2 Å². The fourth-order valence-electron chi connectivity index (χ4n) is 3.75. The molecule has 0 unspecified atom stereocenters. The number of amides is 1. The van der Waals surface area contributed by atoms with Crippen LogP contribution >= 0.6 is 23.2 Å². The molecule has 1 N–H and O–H groups in total. The van der Waals surface area contributed by atoms with E-state index >= 15 is 0 Å². The molecule has 178 valence electrons. The zero-order valence-electron chi connectivity index (χ0n) is 18.1. The lowest BCUT2D eigenvalue weighted by Gasteiger charge is -2.28. The number of halogens is 2. The molecule has 0 radical (unpaired) electrons. The normalized spacial score (nSPS) is 15.2. The maximum absolute atomic E-state index is 13.0. The molecule has 2 aromatic heterocycles. The topological polar surface area (TPSA) is 101 Å². The van der Waals surface area contributed by atoms with Crippen molar-refractivity contribution >= 4 is 61.5 Å². The van der Waals surface area contributed by atoms with Gasteiger partial charge < -0.3 is 10.1 Å². The number of carbonyl (C=O) groups is 1. The Morgan fingerprint density at radius 2 is 1.86 bits per heavy atom. The number of pyridine rings is 2. The molecule has 0 spiro atoms. The van der Waals surface area contributed by atoms with Gasteiger partial charge in [-0.2, -0.15) is 0 Å². The number of hydrogen-bond donors (Lipinski definition) is 1. The Balaban J connectivity index is 1.40. The summed E-state index contributed by atoms with van der Waals surface area (Å²) in [5, 5.41) is 3.42. The van der Waals surface area contributed by atoms with Gasteiger partial charge in [-0.3, -0.25) is 14.1 Å². The predicted molar refractivity (Wildman–Crippen MR) is 136 cm³/mol. The summed E-state index contributed by atoms with van der Waals surface area (Å²) in [7, 11) is -3.59. The first-order chi connectivity index (χ1) is 16.8. The zero-order chi connectivity index (χ0) is 24.6. The average molecular weight is 529 g/mol. The van der Waals surface area contributed by atoms with E-state index in [1.165, 1.54) is 16.4 Å². The molecule has 2 aromatic carbocycles. The minimum atomic E-state index is -3.59. The van der Waals surface area contributed by atoms with Gasteiger partial charge in [0.05, 0.1) is 51.2 Å². The van der Waals surface area contributed by atoms with Crippen molar-refractivity contribution in [1.29, 1.82) is 0 Å². The Bertz CT molecular complexity index is 1560. The lowest BCUT2D eigenvalue weighted by molar-refractivity contribution is 0.102. The van der Waals surface area contributed by atoms with E-state index in [1.54, 1.807) is 36.5 Å². The number of rotatable bonds is 4. The van der Waals surface area contributed by atoms with Crippen LogP contribution in [0, 0.1) is 0 Å². The number of carbonyl (C=O) groups excluding carboxylic acids is 1. The molecule has 1 amide bonds. The summed E-state index contributed by atoms with van der Waals surface area (Å²) in [6, 6.07) is 16.9. The second kappa shape index (κ2) is 9.43. The van der Waals surface area contributed by atoms with E-state index in [1.807, 2.05) is 18.2 Å². The van der Waals surface area contributed by atoms with Gasteiger partial charge in [0.15, 0.2) is 5.94 Å². The van der Waals surface area contributed by atoms with Crippen molar-refractivity contribution in [2.75, 3.05) is 28.7 Å². The van der Waals surface area contributed by atoms with Crippen molar-refractivity contribution in [1.82, 2.24) is 9.97 Å². The first kappa shape index (κ1) is 23.5. The number of benzene rings is 2. The first-order valence-corrected chi connectivity index (χ1v) is 12.9. The fraction of sp³-hybridized carbons (Fsp3) is 0.125. The molecule has 35 heavy (non-hydrogen) atoms. The van der Waals surface area contributed by atoms with E-state index in [0.717, 1.165) is 11.0 Å². The van der Waals surface area contributed by atoms with Crippen molar-refractivity contribution in [3.05, 3.63) is 82.5 Å². The van der Waals surface area contributed by atoms with E-state index in [0.29, 0.717) is 27.7 Å². The Morgan fingerprint density at radius 3 is 2.66 bits per heavy atom. The molecule has 1 saturated heterocycles. The van der Waals surface area contributed by atoms with Crippen LogP contribution in [-0.2, 0) is 14.8 Å². The van der Waals surface area contributed by atoms with Crippen LogP contribution in [0.3, 0.4) is 0 Å². The lowest BCUT2D eigenvalue weighted by atomic mass is 10.1. The summed E-state index contributed by atoms with van der Waals surface area (Å²) in [4.78, 5) is 21.8. The van der Waals surface area contributed by atoms with E-state index in [-0.39, 0.29) is 23.7 Å². The van der Waals surface area contributed by atoms with Gasteiger partial charge in [-0.25, -0.2) is 13.4 Å². The van der Waals surface area contributed by atoms with Gasteiger partial charge in [0.25, 0.3) is 15.9 Å². The summed E-state index contributed by atoms with van der Waals surface area (Å²) in [6.45, 7) is 0.456. The van der Waals surface area contributed by atoms with Crippen molar-refractivity contribution in [2.45, 2.75) is 0 Å². The molecule has 8 nitrogen and oxygen atoms in total. The summed E-state index contributed by atoms with van der Waals surface area (Å²) >= 11 is 12.8. The van der Waals surface area contributed by atoms with Gasteiger partial charge >= 0.3 is 0 Å². The average Bonchev–Trinajstić information content (AvgIpc) is 2.84. The Labute approximate surface area is 211 Å². The first-order valence-electron chi connectivity index (χ1n) is 10.5. The highest BCUT2D eigenvalue weighted by Crippen LogP contribution is 2.32. The molecule has 1 aliphatic heterocycles. The largest absolute Gasteiger partial charge is 0.362 e. The van der Waals surface area contributed by atoms with Crippen LogP contribution in [0.4, 0.5) is 11.4 Å². The highest BCUT2D eigenvalue weighted by Gasteiger charge is 2.27. The van der Waals surface area contributed by atoms with Crippen LogP contribution in [0.1, 0.15) is 10.4 Å². The van der Waals surface area contributed by atoms with Crippen molar-refractivity contribution < 1.29 is 17.9 Å². The number of ether oxygens (including phenoxy) is 1. The minimum absolute atomic E-state index is 0.125. The lowest BCUT2D eigenvalue weighted by Crippen LogP contribution is -2.41. The number of hydrogen-bond acceptors (Lipinski definition) is 6. The van der Waals surface area contributed by atoms with Gasteiger partial charge in [-0.05, 0) is 60.7 Å². The van der Waals surface area contributed by atoms with Gasteiger partial charge in [-0.15, -0.1) is 0 Å². The molecule has 5 rings (SSSR count). The van der Waals surface area contributed by atoms with Crippen LogP contribution in [0.25, 0.3) is 22.3 Å². The van der Waals surface area contributed by atoms with Gasteiger partial charge in [0, 0.05) is 17.4 Å². The maximum atomic E-state index is 13.0. The Kier molecular flexibility index (Phi) is 6.33. The number of nitrogens with zero attached hydrogens (tertiary/aromatic N) is 3. The summed E-state index contributed by atoms with van der Waals surface area (Å²) in [5.41, 5.74) is 3.85. The molecular formula is C24H18Cl2N4O4S. The molecule has 1 fully saturated rings. The van der Waals surface area contributed by atoms with Gasteiger partial charge in [0.2, 0.25) is 0 Å². The molecule has 3 heterocycles. The van der Waals surface area contributed by atoms with Crippen LogP contribution < -0.4 is 9.62 Å². The second-order valence-corrected chi connectivity index (χ2v) is 10.4. The fourth-order valence-corrected chi connectivity index (χ4v) is 5.47.